The molecular formula is C25H15F3N2O4S. The van der Waals surface area contributed by atoms with Gasteiger partial charge in [0.2, 0.25) is 0 Å². The number of aliphatic hydroxyl groups is 1. The number of anilines is 1. The van der Waals surface area contributed by atoms with Crippen molar-refractivity contribution in [2.75, 3.05) is 4.90 Å². The third-order valence-electron chi connectivity index (χ3n) is 5.69. The van der Waals surface area contributed by atoms with Crippen LogP contribution in [0.25, 0.3) is 16.0 Å². The van der Waals surface area contributed by atoms with Crippen molar-refractivity contribution in [1.29, 1.82) is 0 Å². The van der Waals surface area contributed by atoms with Crippen LogP contribution in [0.5, 0.6) is 5.75 Å². The van der Waals surface area contributed by atoms with E-state index < -0.39 is 40.9 Å². The van der Waals surface area contributed by atoms with Crippen LogP contribution < -0.4 is 4.90 Å². The van der Waals surface area contributed by atoms with E-state index in [4.69, 9.17) is 0 Å². The number of benzene rings is 3. The number of ketones is 1. The minimum absolute atomic E-state index is 0.0719. The molecule has 176 valence electrons. The quantitative estimate of drug-likeness (QED) is 0.227. The number of aliphatic hydroxyl groups excluding tert-OH is 1. The largest absolute Gasteiger partial charge is 0.508 e. The number of hydrogen-bond acceptors (Lipinski definition) is 6. The third-order valence-corrected chi connectivity index (χ3v) is 6.69. The minimum Gasteiger partial charge on any atom is -0.508 e. The molecule has 0 aliphatic carbocycles. The number of nitrogens with zero attached hydrogens (tertiary/aromatic N) is 2. The fourth-order valence-electron chi connectivity index (χ4n) is 4.00. The number of Topliss-reactive ketones (excluding diaryl/α,β-unsaturated/α-hetero) is 1. The second kappa shape index (κ2) is 8.24. The van der Waals surface area contributed by atoms with E-state index >= 15 is 0 Å². The number of aromatic hydroxyl groups is 1. The molecule has 5 rings (SSSR count). The number of carbonyl (C=O) groups excluding carboxylic acids is 2. The molecule has 1 fully saturated rings. The molecule has 0 radical (unpaired) electrons. The van der Waals surface area contributed by atoms with Gasteiger partial charge in [-0.15, -0.1) is 0 Å². The van der Waals surface area contributed by atoms with Gasteiger partial charge in [0.1, 0.15) is 28.7 Å². The summed E-state index contributed by atoms with van der Waals surface area (Å²) in [6.45, 7) is 1.48. The maximum Gasteiger partial charge on any atom is 0.301 e. The van der Waals surface area contributed by atoms with Crippen LogP contribution in [0.15, 0.2) is 60.2 Å². The molecule has 4 aromatic rings. The predicted molar refractivity (Wildman–Crippen MR) is 124 cm³/mol. The van der Waals surface area contributed by atoms with Crippen LogP contribution in [0, 0.1) is 24.4 Å². The second-order valence-electron chi connectivity index (χ2n) is 7.96. The topological polar surface area (TPSA) is 90.7 Å². The van der Waals surface area contributed by atoms with E-state index in [1.807, 2.05) is 0 Å². The summed E-state index contributed by atoms with van der Waals surface area (Å²) < 4.78 is 42.0. The Morgan fingerprint density at radius 3 is 2.40 bits per heavy atom. The van der Waals surface area contributed by atoms with Crippen LogP contribution >= 0.6 is 11.3 Å². The van der Waals surface area contributed by atoms with E-state index in [0.29, 0.717) is 11.6 Å². The number of thiazole rings is 1. The molecule has 0 bridgehead atoms. The van der Waals surface area contributed by atoms with Gasteiger partial charge < -0.3 is 10.2 Å². The highest BCUT2D eigenvalue weighted by Gasteiger charge is 2.48. The Labute approximate surface area is 200 Å². The molecule has 1 saturated heterocycles. The highest BCUT2D eigenvalue weighted by Crippen LogP contribution is 2.45. The molecule has 1 aliphatic rings. The fraction of sp³-hybridized carbons (Fsp3) is 0.0800. The zero-order chi connectivity index (χ0) is 25.0. The molecule has 1 amide bonds. The number of aromatic nitrogens is 1. The summed E-state index contributed by atoms with van der Waals surface area (Å²) in [4.78, 5) is 31.5. The smallest absolute Gasteiger partial charge is 0.301 e. The molecule has 0 spiro atoms. The van der Waals surface area contributed by atoms with Crippen molar-refractivity contribution in [3.8, 4) is 5.75 Å². The lowest BCUT2D eigenvalue weighted by Crippen LogP contribution is -2.29. The Kier molecular flexibility index (Phi) is 5.32. The van der Waals surface area contributed by atoms with Crippen molar-refractivity contribution in [3.63, 3.8) is 0 Å². The zero-order valence-electron chi connectivity index (χ0n) is 17.9. The van der Waals surface area contributed by atoms with Gasteiger partial charge in [0.05, 0.1) is 16.3 Å². The van der Waals surface area contributed by atoms with Gasteiger partial charge in [0.25, 0.3) is 5.78 Å². The maximum atomic E-state index is 14.3. The summed E-state index contributed by atoms with van der Waals surface area (Å²) >= 11 is 0.803. The second-order valence-corrected chi connectivity index (χ2v) is 8.96. The molecule has 1 aromatic heterocycles. The number of hydrogen-bond donors (Lipinski definition) is 2. The van der Waals surface area contributed by atoms with Crippen LogP contribution in [0.2, 0.25) is 0 Å². The Morgan fingerprint density at radius 2 is 1.71 bits per heavy atom. The van der Waals surface area contributed by atoms with Crippen LogP contribution in [-0.4, -0.2) is 26.9 Å². The summed E-state index contributed by atoms with van der Waals surface area (Å²) in [5.74, 6) is -4.95. The lowest BCUT2D eigenvalue weighted by molar-refractivity contribution is -0.132. The predicted octanol–water partition coefficient (Wildman–Crippen LogP) is 5.35. The number of rotatable bonds is 3. The summed E-state index contributed by atoms with van der Waals surface area (Å²) in [7, 11) is 0. The molecule has 6 nitrogen and oxygen atoms in total. The van der Waals surface area contributed by atoms with E-state index in [-0.39, 0.29) is 37.8 Å². The summed E-state index contributed by atoms with van der Waals surface area (Å²) in [6.07, 6.45) is 0. The van der Waals surface area contributed by atoms with Crippen LogP contribution in [0.1, 0.15) is 22.7 Å². The summed E-state index contributed by atoms with van der Waals surface area (Å²) in [6, 6.07) is 9.84. The molecule has 35 heavy (non-hydrogen) atoms. The van der Waals surface area contributed by atoms with Gasteiger partial charge in [-0.1, -0.05) is 23.5 Å². The lowest BCUT2D eigenvalue weighted by atomic mass is 9.95. The molecule has 1 aliphatic heterocycles. The number of carbonyl (C=O) groups is 2. The number of amides is 1. The number of fused-ring (bicyclic) bond motifs is 1. The van der Waals surface area contributed by atoms with E-state index in [2.05, 4.69) is 4.98 Å². The number of halogens is 3. The molecular weight excluding hydrogens is 481 g/mol. The lowest BCUT2D eigenvalue weighted by Gasteiger charge is -2.23. The maximum absolute atomic E-state index is 14.3. The van der Waals surface area contributed by atoms with Crippen molar-refractivity contribution in [1.82, 2.24) is 4.98 Å². The van der Waals surface area contributed by atoms with E-state index in [1.165, 1.54) is 43.3 Å². The zero-order valence-corrected chi connectivity index (χ0v) is 18.7. The van der Waals surface area contributed by atoms with Gasteiger partial charge in [-0.2, -0.15) is 0 Å². The Hall–Kier alpha value is -4.18. The first-order valence-electron chi connectivity index (χ1n) is 10.3. The van der Waals surface area contributed by atoms with Crippen molar-refractivity contribution in [2.24, 2.45) is 0 Å². The first kappa shape index (κ1) is 22.6. The average molecular weight is 496 g/mol. The summed E-state index contributed by atoms with van der Waals surface area (Å²) in [5.41, 5.74) is 0.203. The van der Waals surface area contributed by atoms with Crippen molar-refractivity contribution in [2.45, 2.75) is 13.0 Å². The van der Waals surface area contributed by atoms with Gasteiger partial charge in [-0.05, 0) is 54.4 Å². The van der Waals surface area contributed by atoms with Gasteiger partial charge in [-0.25, -0.2) is 18.2 Å². The Balaban J connectivity index is 1.75. The van der Waals surface area contributed by atoms with Gasteiger partial charge in [0.15, 0.2) is 10.9 Å². The van der Waals surface area contributed by atoms with E-state index in [0.717, 1.165) is 28.4 Å². The monoisotopic (exact) mass is 496 g/mol. The van der Waals surface area contributed by atoms with E-state index in [1.54, 1.807) is 0 Å². The molecule has 2 N–H and O–H groups in total. The molecule has 2 heterocycles. The highest BCUT2D eigenvalue weighted by molar-refractivity contribution is 7.22. The first-order valence-corrected chi connectivity index (χ1v) is 11.1. The minimum atomic E-state index is -1.20. The standard InChI is InChI=1S/C25H15F3N2O4S/c1-11-8-13(4-7-16(11)27)22(32)19-21(12-2-5-15(31)6-3-12)30(24(34)23(19)33)25-29-20-17(28)9-14(26)10-18(20)35-25/h2-10,21,31-32H,1H3/b22-19+. The summed E-state index contributed by atoms with van der Waals surface area (Å²) in [5, 5.41) is 20.7. The van der Waals surface area contributed by atoms with E-state index in [9.17, 15) is 33.0 Å². The Morgan fingerprint density at radius 1 is 1.00 bits per heavy atom. The molecule has 1 atom stereocenters. The average Bonchev–Trinajstić information content (AvgIpc) is 3.34. The van der Waals surface area contributed by atoms with Crippen molar-refractivity contribution in [3.05, 3.63) is 94.3 Å². The van der Waals surface area contributed by atoms with Gasteiger partial charge >= 0.3 is 5.91 Å². The van der Waals surface area contributed by atoms with Gasteiger partial charge in [-0.3, -0.25) is 14.5 Å². The SMILES string of the molecule is Cc1cc(/C(O)=C2\C(=O)C(=O)N(c3nc4c(F)cc(F)cc4s3)C2c2ccc(O)cc2)ccc1F. The molecule has 10 heteroatoms. The number of phenolic OH excluding ortho intramolecular Hbond substituents is 1. The molecule has 3 aromatic carbocycles. The van der Waals surface area contributed by atoms with Gasteiger partial charge in [0, 0.05) is 11.6 Å². The van der Waals surface area contributed by atoms with Crippen LogP contribution in [-0.2, 0) is 9.59 Å². The van der Waals surface area contributed by atoms with Crippen LogP contribution in [0.4, 0.5) is 18.3 Å². The van der Waals surface area contributed by atoms with Crippen LogP contribution in [0.3, 0.4) is 0 Å². The molecule has 1 unspecified atom stereocenters. The Bertz CT molecular complexity index is 1560. The first-order chi connectivity index (χ1) is 16.7. The number of phenols is 1. The third kappa shape index (κ3) is 3.71. The normalized spacial score (nSPS) is 17.5. The van der Waals surface area contributed by atoms with Crippen molar-refractivity contribution < 1.29 is 33.0 Å². The molecule has 0 saturated carbocycles. The fourth-order valence-corrected chi connectivity index (χ4v) is 5.03. The highest BCUT2D eigenvalue weighted by atomic mass is 32.1. The van der Waals surface area contributed by atoms with Crippen molar-refractivity contribution >= 4 is 44.1 Å². The number of aryl methyl sites for hydroxylation is 1.